The van der Waals surface area contributed by atoms with E-state index in [1.807, 2.05) is 0 Å². The molecule has 1 saturated heterocycles. The van der Waals surface area contributed by atoms with E-state index in [1.54, 1.807) is 7.11 Å². The summed E-state index contributed by atoms with van der Waals surface area (Å²) in [5, 5.41) is 9.79. The lowest BCUT2D eigenvalue weighted by Gasteiger charge is -2.21. The Hall–Kier alpha value is -1.47. The maximum Gasteiger partial charge on any atom is 0.237 e. The molecule has 1 aromatic heterocycles. The molecule has 1 unspecified atom stereocenters. The number of amides is 1. The van der Waals surface area contributed by atoms with Crippen LogP contribution in [-0.2, 0) is 22.4 Å². The minimum absolute atomic E-state index is 0.0135. The molecule has 2 N–H and O–H groups in total. The van der Waals surface area contributed by atoms with Gasteiger partial charge in [-0.05, 0) is 6.42 Å². The number of aromatic nitrogens is 2. The van der Waals surface area contributed by atoms with Crippen molar-refractivity contribution in [3.8, 4) is 0 Å². The summed E-state index contributed by atoms with van der Waals surface area (Å²) in [5.74, 6) is 1.15. The Labute approximate surface area is 105 Å². The average molecular weight is 254 g/mol. The molecule has 1 fully saturated rings. The highest BCUT2D eigenvalue weighted by atomic mass is 16.5. The summed E-state index contributed by atoms with van der Waals surface area (Å²) < 4.78 is 10.1. The molecule has 2 rings (SSSR count). The minimum Gasteiger partial charge on any atom is -0.385 e. The smallest absolute Gasteiger partial charge is 0.237 e. The van der Waals surface area contributed by atoms with E-state index >= 15 is 0 Å². The third-order valence-corrected chi connectivity index (χ3v) is 2.77. The van der Waals surface area contributed by atoms with Crippen molar-refractivity contribution < 1.29 is 14.1 Å². The van der Waals surface area contributed by atoms with Gasteiger partial charge in [0.05, 0.1) is 12.5 Å². The van der Waals surface area contributed by atoms with Crippen LogP contribution in [-0.4, -0.2) is 48.9 Å². The topological polar surface area (TPSA) is 89.3 Å². The molecular weight excluding hydrogens is 236 g/mol. The van der Waals surface area contributed by atoms with Crippen molar-refractivity contribution in [3.63, 3.8) is 0 Å². The fourth-order valence-corrected chi connectivity index (χ4v) is 1.84. The van der Waals surface area contributed by atoms with Crippen LogP contribution in [0.2, 0.25) is 0 Å². The first-order valence-corrected chi connectivity index (χ1v) is 6.11. The minimum atomic E-state index is -0.272. The second-order valence-electron chi connectivity index (χ2n) is 4.20. The van der Waals surface area contributed by atoms with Gasteiger partial charge >= 0.3 is 0 Å². The molecule has 1 amide bonds. The van der Waals surface area contributed by atoms with Gasteiger partial charge in [-0.2, -0.15) is 4.98 Å². The number of carbonyl (C=O) groups excluding carboxylic acids is 1. The number of nitrogens with zero attached hydrogens (tertiary/aromatic N) is 2. The Bertz CT molecular complexity index is 393. The van der Waals surface area contributed by atoms with E-state index in [4.69, 9.17) is 9.26 Å². The quantitative estimate of drug-likeness (QED) is 0.651. The molecule has 2 heterocycles. The number of methoxy groups -OCH3 is 1. The van der Waals surface area contributed by atoms with Crippen LogP contribution in [0.4, 0.5) is 0 Å². The van der Waals surface area contributed by atoms with Crippen LogP contribution < -0.4 is 10.6 Å². The Kier molecular flexibility index (Phi) is 4.66. The zero-order valence-electron chi connectivity index (χ0n) is 10.4. The van der Waals surface area contributed by atoms with Gasteiger partial charge in [-0.1, -0.05) is 5.16 Å². The molecule has 0 aliphatic carbocycles. The molecule has 0 bridgehead atoms. The molecule has 1 aliphatic heterocycles. The third kappa shape index (κ3) is 3.51. The SMILES string of the molecule is COCCCc1noc(CC2NCCNC2=O)n1. The molecule has 7 heteroatoms. The summed E-state index contributed by atoms with van der Waals surface area (Å²) in [6.07, 6.45) is 2.02. The van der Waals surface area contributed by atoms with Gasteiger partial charge in [0.15, 0.2) is 5.82 Å². The molecule has 1 atom stereocenters. The van der Waals surface area contributed by atoms with Crippen molar-refractivity contribution in [1.29, 1.82) is 0 Å². The molecule has 7 nitrogen and oxygen atoms in total. The number of piperazine rings is 1. The predicted molar refractivity (Wildman–Crippen MR) is 63.0 cm³/mol. The summed E-state index contributed by atoms with van der Waals surface area (Å²) >= 11 is 0. The molecule has 1 aliphatic rings. The highest BCUT2D eigenvalue weighted by Gasteiger charge is 2.24. The normalized spacial score (nSPS) is 19.8. The Morgan fingerprint density at radius 1 is 1.50 bits per heavy atom. The predicted octanol–water partition coefficient (Wildman–Crippen LogP) is -0.721. The summed E-state index contributed by atoms with van der Waals surface area (Å²) in [6, 6.07) is -0.272. The van der Waals surface area contributed by atoms with Gasteiger partial charge in [-0.25, -0.2) is 0 Å². The van der Waals surface area contributed by atoms with E-state index in [0.717, 1.165) is 19.4 Å². The Morgan fingerprint density at radius 3 is 3.17 bits per heavy atom. The Balaban J connectivity index is 1.83. The van der Waals surface area contributed by atoms with Crippen molar-refractivity contribution >= 4 is 5.91 Å². The van der Waals surface area contributed by atoms with E-state index in [0.29, 0.717) is 31.3 Å². The second kappa shape index (κ2) is 6.46. The lowest BCUT2D eigenvalue weighted by atomic mass is 10.1. The molecule has 0 spiro atoms. The maximum absolute atomic E-state index is 11.5. The first-order valence-electron chi connectivity index (χ1n) is 6.11. The maximum atomic E-state index is 11.5. The van der Waals surface area contributed by atoms with Crippen molar-refractivity contribution in [3.05, 3.63) is 11.7 Å². The standard InChI is InChI=1S/C11H18N4O3/c1-17-6-2-3-9-14-10(18-15-9)7-8-11(16)13-5-4-12-8/h8,12H,2-7H2,1H3,(H,13,16). The van der Waals surface area contributed by atoms with E-state index in [2.05, 4.69) is 20.8 Å². The highest BCUT2D eigenvalue weighted by Crippen LogP contribution is 2.05. The van der Waals surface area contributed by atoms with Crippen LogP contribution >= 0.6 is 0 Å². The van der Waals surface area contributed by atoms with Gasteiger partial charge in [0.1, 0.15) is 0 Å². The fourth-order valence-electron chi connectivity index (χ4n) is 1.84. The van der Waals surface area contributed by atoms with Crippen LogP contribution in [0.25, 0.3) is 0 Å². The van der Waals surface area contributed by atoms with Gasteiger partial charge < -0.3 is 19.9 Å². The number of nitrogens with one attached hydrogen (secondary N) is 2. The molecule has 0 saturated carbocycles. The molecule has 18 heavy (non-hydrogen) atoms. The van der Waals surface area contributed by atoms with E-state index in [-0.39, 0.29) is 11.9 Å². The van der Waals surface area contributed by atoms with E-state index < -0.39 is 0 Å². The number of rotatable bonds is 6. The van der Waals surface area contributed by atoms with E-state index in [1.165, 1.54) is 0 Å². The molecule has 0 aromatic carbocycles. The van der Waals surface area contributed by atoms with Gasteiger partial charge in [0.2, 0.25) is 11.8 Å². The van der Waals surface area contributed by atoms with Gasteiger partial charge in [0, 0.05) is 33.2 Å². The number of hydrogen-bond acceptors (Lipinski definition) is 6. The first-order chi connectivity index (χ1) is 8.79. The van der Waals surface area contributed by atoms with Crippen LogP contribution in [0.1, 0.15) is 18.1 Å². The zero-order chi connectivity index (χ0) is 12.8. The van der Waals surface area contributed by atoms with Crippen LogP contribution in [0, 0.1) is 0 Å². The Morgan fingerprint density at radius 2 is 2.39 bits per heavy atom. The zero-order valence-corrected chi connectivity index (χ0v) is 10.4. The van der Waals surface area contributed by atoms with Crippen LogP contribution in [0.15, 0.2) is 4.52 Å². The fraction of sp³-hybridized carbons (Fsp3) is 0.727. The number of ether oxygens (including phenoxy) is 1. The van der Waals surface area contributed by atoms with Gasteiger partial charge in [-0.3, -0.25) is 4.79 Å². The van der Waals surface area contributed by atoms with Crippen molar-refractivity contribution in [2.24, 2.45) is 0 Å². The monoisotopic (exact) mass is 254 g/mol. The van der Waals surface area contributed by atoms with Crippen molar-refractivity contribution in [2.75, 3.05) is 26.8 Å². The highest BCUT2D eigenvalue weighted by molar-refractivity contribution is 5.82. The van der Waals surface area contributed by atoms with Gasteiger partial charge in [0.25, 0.3) is 0 Å². The summed E-state index contributed by atoms with van der Waals surface area (Å²) in [6.45, 7) is 2.11. The summed E-state index contributed by atoms with van der Waals surface area (Å²) in [4.78, 5) is 15.8. The molecule has 0 radical (unpaired) electrons. The van der Waals surface area contributed by atoms with Crippen molar-refractivity contribution in [1.82, 2.24) is 20.8 Å². The molecule has 100 valence electrons. The van der Waals surface area contributed by atoms with Gasteiger partial charge in [-0.15, -0.1) is 0 Å². The van der Waals surface area contributed by atoms with Crippen molar-refractivity contribution in [2.45, 2.75) is 25.3 Å². The average Bonchev–Trinajstić information content (AvgIpc) is 2.80. The summed E-state index contributed by atoms with van der Waals surface area (Å²) in [5.41, 5.74) is 0. The largest absolute Gasteiger partial charge is 0.385 e. The van der Waals surface area contributed by atoms with Crippen LogP contribution in [0.3, 0.4) is 0 Å². The molecule has 1 aromatic rings. The molecular formula is C11H18N4O3. The number of carbonyl (C=O) groups is 1. The summed E-state index contributed by atoms with van der Waals surface area (Å²) in [7, 11) is 1.66. The van der Waals surface area contributed by atoms with E-state index in [9.17, 15) is 4.79 Å². The number of hydrogen-bond donors (Lipinski definition) is 2. The first kappa shape index (κ1) is 13.0. The third-order valence-electron chi connectivity index (χ3n) is 2.77. The van der Waals surface area contributed by atoms with Crippen LogP contribution in [0.5, 0.6) is 0 Å². The lowest BCUT2D eigenvalue weighted by Crippen LogP contribution is -2.53. The lowest BCUT2D eigenvalue weighted by molar-refractivity contribution is -0.124. The number of aryl methyl sites for hydroxylation is 1. The second-order valence-corrected chi connectivity index (χ2v) is 4.20.